The molecule has 4 heteroatoms. The Morgan fingerprint density at radius 1 is 1.40 bits per heavy atom. The van der Waals surface area contributed by atoms with Gasteiger partial charge < -0.3 is 14.5 Å². The molecule has 0 amide bonds. The average Bonchev–Trinajstić information content (AvgIpc) is 2.61. The van der Waals surface area contributed by atoms with E-state index in [9.17, 15) is 4.79 Å². The number of ether oxygens (including phenoxy) is 2. The van der Waals surface area contributed by atoms with Crippen LogP contribution in [0.3, 0.4) is 0 Å². The predicted octanol–water partition coefficient (Wildman–Crippen LogP) is 2.12. The fraction of sp³-hybridized carbons (Fsp3) is 0.364. The molecule has 15 heavy (non-hydrogen) atoms. The normalized spacial score (nSPS) is 12.0. The maximum absolute atomic E-state index is 10.6. The van der Waals surface area contributed by atoms with Gasteiger partial charge in [-0.2, -0.15) is 0 Å². The summed E-state index contributed by atoms with van der Waals surface area (Å²) in [4.78, 5) is 13.6. The van der Waals surface area contributed by atoms with Crippen LogP contribution in [0.15, 0.2) is 11.8 Å². The number of aldehydes is 1. The summed E-state index contributed by atoms with van der Waals surface area (Å²) in [6.07, 6.45) is 0.770. The summed E-state index contributed by atoms with van der Waals surface area (Å²) in [6, 6.07) is 1.77. The molecule has 1 rings (SSSR count). The lowest BCUT2D eigenvalue weighted by Gasteiger charge is -2.09. The van der Waals surface area contributed by atoms with E-state index in [4.69, 9.17) is 9.47 Å². The first-order chi connectivity index (χ1) is 7.13. The Balaban J connectivity index is 3.23. The highest BCUT2D eigenvalue weighted by atomic mass is 16.5. The quantitative estimate of drug-likeness (QED) is 0.610. The van der Waals surface area contributed by atoms with E-state index in [-0.39, 0.29) is 0 Å². The molecule has 0 spiro atoms. The van der Waals surface area contributed by atoms with E-state index in [1.165, 1.54) is 0 Å². The van der Waals surface area contributed by atoms with Crippen molar-refractivity contribution >= 4 is 12.0 Å². The molecule has 0 radical (unpaired) electrons. The van der Waals surface area contributed by atoms with Gasteiger partial charge in [-0.1, -0.05) is 0 Å². The van der Waals surface area contributed by atoms with E-state index in [1.807, 2.05) is 6.92 Å². The number of H-pyrrole nitrogens is 1. The van der Waals surface area contributed by atoms with Crippen molar-refractivity contribution in [3.63, 3.8) is 0 Å². The number of hydrogen-bond donors (Lipinski definition) is 1. The van der Waals surface area contributed by atoms with Gasteiger partial charge in [-0.05, 0) is 25.5 Å². The predicted molar refractivity (Wildman–Crippen MR) is 57.5 cm³/mol. The summed E-state index contributed by atoms with van der Waals surface area (Å²) in [6.45, 7) is 3.71. The highest BCUT2D eigenvalue weighted by Crippen LogP contribution is 2.22. The molecule has 0 unspecified atom stereocenters. The summed E-state index contributed by atoms with van der Waals surface area (Å²) in [5, 5.41) is 0. The highest BCUT2D eigenvalue weighted by molar-refractivity contribution is 5.75. The monoisotopic (exact) mass is 209 g/mol. The minimum absolute atomic E-state index is 0.529. The van der Waals surface area contributed by atoms with Gasteiger partial charge >= 0.3 is 0 Å². The molecule has 0 bridgehead atoms. The van der Waals surface area contributed by atoms with Gasteiger partial charge in [-0.3, -0.25) is 4.79 Å². The van der Waals surface area contributed by atoms with Gasteiger partial charge in [0.05, 0.1) is 25.6 Å². The average molecular weight is 209 g/mol. The first-order valence-corrected chi connectivity index (χ1v) is 4.58. The van der Waals surface area contributed by atoms with Gasteiger partial charge in [0.2, 0.25) is 0 Å². The second-order valence-corrected chi connectivity index (χ2v) is 3.19. The molecule has 1 aromatic heterocycles. The standard InChI is InChI=1S/C11H15NO3/c1-7-5-9(6-13)12-10(7)11(15-4)8(2)14-3/h5-6,12H,1-4H3/b11-8-. The van der Waals surface area contributed by atoms with Crippen LogP contribution in [-0.4, -0.2) is 25.5 Å². The molecule has 0 aromatic carbocycles. The van der Waals surface area contributed by atoms with Crippen LogP contribution in [0.5, 0.6) is 0 Å². The van der Waals surface area contributed by atoms with E-state index in [0.717, 1.165) is 17.5 Å². The third-order valence-corrected chi connectivity index (χ3v) is 2.22. The second-order valence-electron chi connectivity index (χ2n) is 3.19. The molecule has 0 aliphatic carbocycles. The molecule has 4 nitrogen and oxygen atoms in total. The number of allylic oxidation sites excluding steroid dienone is 1. The topological polar surface area (TPSA) is 51.3 Å². The van der Waals surface area contributed by atoms with Crippen LogP contribution in [0, 0.1) is 6.92 Å². The molecule has 0 saturated carbocycles. The maximum Gasteiger partial charge on any atom is 0.179 e. The number of aryl methyl sites for hydroxylation is 1. The first kappa shape index (κ1) is 11.4. The van der Waals surface area contributed by atoms with Crippen LogP contribution in [0.25, 0.3) is 5.76 Å². The molecular weight excluding hydrogens is 194 g/mol. The van der Waals surface area contributed by atoms with Crippen molar-refractivity contribution in [2.24, 2.45) is 0 Å². The lowest BCUT2D eigenvalue weighted by atomic mass is 10.2. The van der Waals surface area contributed by atoms with Crippen LogP contribution >= 0.6 is 0 Å². The van der Waals surface area contributed by atoms with Crippen molar-refractivity contribution in [2.75, 3.05) is 14.2 Å². The second kappa shape index (κ2) is 4.68. The number of carbonyl (C=O) groups is 1. The van der Waals surface area contributed by atoms with Crippen LogP contribution < -0.4 is 0 Å². The summed E-state index contributed by atoms with van der Waals surface area (Å²) < 4.78 is 10.3. The molecule has 1 heterocycles. The smallest absolute Gasteiger partial charge is 0.179 e. The van der Waals surface area contributed by atoms with Crippen molar-refractivity contribution in [1.29, 1.82) is 0 Å². The fourth-order valence-electron chi connectivity index (χ4n) is 1.40. The van der Waals surface area contributed by atoms with Crippen molar-refractivity contribution in [3.8, 4) is 0 Å². The Bertz CT molecular complexity index is 391. The Morgan fingerprint density at radius 2 is 2.07 bits per heavy atom. The fourth-order valence-corrected chi connectivity index (χ4v) is 1.40. The number of aromatic amines is 1. The zero-order valence-corrected chi connectivity index (χ0v) is 9.38. The highest BCUT2D eigenvalue weighted by Gasteiger charge is 2.13. The van der Waals surface area contributed by atoms with E-state index < -0.39 is 0 Å². The lowest BCUT2D eigenvalue weighted by Crippen LogP contribution is -1.96. The maximum atomic E-state index is 10.6. The summed E-state index contributed by atoms with van der Waals surface area (Å²) >= 11 is 0. The molecule has 0 atom stereocenters. The van der Waals surface area contributed by atoms with Gasteiger partial charge in [-0.25, -0.2) is 0 Å². The van der Waals surface area contributed by atoms with Gasteiger partial charge in [-0.15, -0.1) is 0 Å². The molecule has 0 fully saturated rings. The summed E-state index contributed by atoms with van der Waals surface area (Å²) in [5.41, 5.74) is 2.25. The Hall–Kier alpha value is -1.71. The summed E-state index contributed by atoms with van der Waals surface area (Å²) in [7, 11) is 3.14. The minimum atomic E-state index is 0.529. The number of hydrogen-bond acceptors (Lipinski definition) is 3. The number of methoxy groups -OCH3 is 2. The molecule has 82 valence electrons. The number of carbonyl (C=O) groups excluding carboxylic acids is 1. The molecule has 0 aliphatic heterocycles. The van der Waals surface area contributed by atoms with E-state index >= 15 is 0 Å². The third kappa shape index (κ3) is 2.21. The molecule has 0 saturated heterocycles. The van der Waals surface area contributed by atoms with Crippen LogP contribution in [0.2, 0.25) is 0 Å². The van der Waals surface area contributed by atoms with Gasteiger partial charge in [0.25, 0.3) is 0 Å². The zero-order chi connectivity index (χ0) is 11.4. The van der Waals surface area contributed by atoms with Crippen LogP contribution in [-0.2, 0) is 9.47 Å². The van der Waals surface area contributed by atoms with Gasteiger partial charge in [0.15, 0.2) is 12.0 Å². The van der Waals surface area contributed by atoms with Crippen molar-refractivity contribution in [2.45, 2.75) is 13.8 Å². The lowest BCUT2D eigenvalue weighted by molar-refractivity contribution is 0.111. The largest absolute Gasteiger partial charge is 0.497 e. The number of nitrogens with one attached hydrogen (secondary N) is 1. The minimum Gasteiger partial charge on any atom is -0.497 e. The SMILES string of the molecule is CO/C(C)=C(\OC)c1[nH]c(C=O)cc1C. The van der Waals surface area contributed by atoms with Crippen molar-refractivity contribution in [3.05, 3.63) is 28.8 Å². The van der Waals surface area contributed by atoms with E-state index in [1.54, 1.807) is 27.2 Å². The number of aromatic nitrogens is 1. The molecular formula is C11H15NO3. The Kier molecular flexibility index (Phi) is 3.55. The Morgan fingerprint density at radius 3 is 2.47 bits per heavy atom. The molecule has 1 N–H and O–H groups in total. The summed E-state index contributed by atoms with van der Waals surface area (Å²) in [5.74, 6) is 1.28. The van der Waals surface area contributed by atoms with E-state index in [2.05, 4.69) is 4.98 Å². The van der Waals surface area contributed by atoms with Gasteiger partial charge in [0, 0.05) is 0 Å². The van der Waals surface area contributed by atoms with Crippen molar-refractivity contribution in [1.82, 2.24) is 4.98 Å². The first-order valence-electron chi connectivity index (χ1n) is 4.58. The van der Waals surface area contributed by atoms with Crippen LogP contribution in [0.4, 0.5) is 0 Å². The van der Waals surface area contributed by atoms with Gasteiger partial charge in [0.1, 0.15) is 5.76 Å². The third-order valence-electron chi connectivity index (χ3n) is 2.22. The van der Waals surface area contributed by atoms with Crippen molar-refractivity contribution < 1.29 is 14.3 Å². The van der Waals surface area contributed by atoms with E-state index in [0.29, 0.717) is 17.2 Å². The molecule has 0 aliphatic rings. The Labute approximate surface area is 88.9 Å². The number of rotatable bonds is 4. The zero-order valence-electron chi connectivity index (χ0n) is 9.38. The molecule has 1 aromatic rings. The van der Waals surface area contributed by atoms with Crippen LogP contribution in [0.1, 0.15) is 28.7 Å².